The molecule has 2 N–H and O–H groups in total. The van der Waals surface area contributed by atoms with E-state index in [4.69, 9.17) is 29.2 Å². The van der Waals surface area contributed by atoms with Gasteiger partial charge in [-0.3, -0.25) is 24.0 Å². The lowest BCUT2D eigenvalue weighted by Crippen LogP contribution is -2.69. The Balaban J connectivity index is 3.79. The van der Waals surface area contributed by atoms with Crippen LogP contribution in [0.25, 0.3) is 10.4 Å². The number of hydrogen-bond acceptors (Lipinski definition) is 12. The van der Waals surface area contributed by atoms with Crippen molar-refractivity contribution in [1.29, 1.82) is 0 Å². The number of rotatable bonds is 10. The van der Waals surface area contributed by atoms with Crippen molar-refractivity contribution in [2.45, 2.75) is 77.3 Å². The predicted octanol–water partition coefficient (Wildman–Crippen LogP) is -0.271. The van der Waals surface area contributed by atoms with Crippen LogP contribution in [-0.4, -0.2) is 83.6 Å². The normalized spacial score (nSPS) is 25.0. The van der Waals surface area contributed by atoms with Gasteiger partial charge < -0.3 is 34.1 Å². The molecule has 0 aromatic rings. The fourth-order valence-electron chi connectivity index (χ4n) is 3.52. The SMILES string of the molecule is CC(=O)N[C@H]1[C@H]([C@H](OC(C)=O)[C@@H](CN=[N+]=[N-])OC(C)=O)O[C@@](OC(C)=O)(C(=O)O)C[C@@H]1OC(C)=O. The number of nitrogens with one attached hydrogen (secondary N) is 1. The highest BCUT2D eigenvalue weighted by Crippen LogP contribution is 2.36. The molecule has 16 heteroatoms. The molecule has 1 amide bonds. The zero-order chi connectivity index (χ0) is 26.9. The molecule has 194 valence electrons. The Labute approximate surface area is 198 Å². The largest absolute Gasteiger partial charge is 0.476 e. The number of amides is 1. The minimum absolute atomic E-state index is 0.605. The van der Waals surface area contributed by atoms with Gasteiger partial charge >= 0.3 is 35.6 Å². The summed E-state index contributed by atoms with van der Waals surface area (Å²) in [6, 6.07) is -1.40. The maximum absolute atomic E-state index is 12.2. The van der Waals surface area contributed by atoms with E-state index in [0.717, 1.165) is 34.6 Å². The van der Waals surface area contributed by atoms with Gasteiger partial charge in [-0.25, -0.2) is 4.79 Å². The van der Waals surface area contributed by atoms with Gasteiger partial charge in [-0.1, -0.05) is 5.11 Å². The van der Waals surface area contributed by atoms with Crippen LogP contribution in [0.5, 0.6) is 0 Å². The van der Waals surface area contributed by atoms with E-state index in [-0.39, 0.29) is 0 Å². The monoisotopic (exact) mass is 502 g/mol. The van der Waals surface area contributed by atoms with Crippen LogP contribution in [0.15, 0.2) is 5.11 Å². The number of carbonyl (C=O) groups is 6. The number of esters is 4. The molecule has 1 saturated heterocycles. The number of carboxylic acids is 1. The van der Waals surface area contributed by atoms with E-state index in [1.54, 1.807) is 0 Å². The fourth-order valence-corrected chi connectivity index (χ4v) is 3.52. The molecule has 0 aromatic heterocycles. The van der Waals surface area contributed by atoms with Gasteiger partial charge in [0.15, 0.2) is 6.10 Å². The number of aliphatic carboxylic acids is 1. The quantitative estimate of drug-likeness (QED) is 0.129. The zero-order valence-electron chi connectivity index (χ0n) is 19.6. The summed E-state index contributed by atoms with van der Waals surface area (Å²) in [5.74, 6) is -9.07. The van der Waals surface area contributed by atoms with E-state index >= 15 is 0 Å². The first kappa shape index (κ1) is 29.1. The molecule has 6 atom stereocenters. The molecule has 35 heavy (non-hydrogen) atoms. The van der Waals surface area contributed by atoms with Crippen molar-refractivity contribution in [2.75, 3.05) is 6.54 Å². The Morgan fingerprint density at radius 2 is 1.66 bits per heavy atom. The third-order valence-electron chi connectivity index (χ3n) is 4.51. The van der Waals surface area contributed by atoms with Crippen molar-refractivity contribution in [3.8, 4) is 0 Å². The van der Waals surface area contributed by atoms with E-state index < -0.39 is 85.0 Å². The summed E-state index contributed by atoms with van der Waals surface area (Å²) in [7, 11) is 0. The Bertz CT molecular complexity index is 914. The number of carboxylic acid groups (broad SMARTS) is 1. The second-order valence-corrected chi connectivity index (χ2v) is 7.45. The smallest absolute Gasteiger partial charge is 0.377 e. The Morgan fingerprint density at radius 1 is 1.06 bits per heavy atom. The highest BCUT2D eigenvalue weighted by Gasteiger charge is 2.59. The standard InChI is InChI=1S/C19H26N4O12/c1-8(24)22-15-13(31-9(2)25)6-19(18(29)30,34-12(5)28)35-17(15)16(33-11(4)27)14(7-21-23-20)32-10(3)26/h13-17H,6-7H2,1-5H3,(H,22,24)(H,29,30)/t13-,14+,15+,16+,17+,19+/m0/s1. The van der Waals surface area contributed by atoms with Crippen LogP contribution in [0.2, 0.25) is 0 Å². The minimum atomic E-state index is -2.76. The van der Waals surface area contributed by atoms with Gasteiger partial charge in [0.25, 0.3) is 0 Å². The highest BCUT2D eigenvalue weighted by molar-refractivity contribution is 5.80. The predicted molar refractivity (Wildman–Crippen MR) is 110 cm³/mol. The van der Waals surface area contributed by atoms with Gasteiger partial charge in [-0.15, -0.1) is 0 Å². The van der Waals surface area contributed by atoms with Gasteiger partial charge in [0.05, 0.1) is 19.0 Å². The van der Waals surface area contributed by atoms with Crippen molar-refractivity contribution in [2.24, 2.45) is 5.11 Å². The molecule has 1 rings (SSSR count). The van der Waals surface area contributed by atoms with Crippen LogP contribution in [-0.2, 0) is 52.5 Å². The van der Waals surface area contributed by atoms with Crippen molar-refractivity contribution in [3.63, 3.8) is 0 Å². The summed E-state index contributed by atoms with van der Waals surface area (Å²) < 4.78 is 26.1. The molecule has 1 fully saturated rings. The van der Waals surface area contributed by atoms with Gasteiger partial charge in [0.1, 0.15) is 18.3 Å². The lowest BCUT2D eigenvalue weighted by molar-refractivity contribution is -0.302. The fraction of sp³-hybridized carbons (Fsp3) is 0.684. The third kappa shape index (κ3) is 8.42. The van der Waals surface area contributed by atoms with E-state index in [9.17, 15) is 33.9 Å². The molecule has 0 aliphatic carbocycles. The number of carbonyl (C=O) groups excluding carboxylic acids is 5. The Hall–Kier alpha value is -3.91. The summed E-state index contributed by atoms with van der Waals surface area (Å²) in [5, 5.41) is 15.6. The van der Waals surface area contributed by atoms with Gasteiger partial charge in [-0.2, -0.15) is 0 Å². The van der Waals surface area contributed by atoms with Crippen LogP contribution in [0.3, 0.4) is 0 Å². The molecule has 0 spiro atoms. The molecule has 0 radical (unpaired) electrons. The van der Waals surface area contributed by atoms with E-state index in [2.05, 4.69) is 15.3 Å². The van der Waals surface area contributed by atoms with Gasteiger partial charge in [0.2, 0.25) is 5.91 Å². The maximum Gasteiger partial charge on any atom is 0.377 e. The average molecular weight is 502 g/mol. The third-order valence-corrected chi connectivity index (χ3v) is 4.51. The van der Waals surface area contributed by atoms with Gasteiger partial charge in [0, 0.05) is 39.5 Å². The van der Waals surface area contributed by atoms with Crippen LogP contribution in [0, 0.1) is 0 Å². The molecule has 1 aliphatic heterocycles. The lowest BCUT2D eigenvalue weighted by Gasteiger charge is -2.47. The van der Waals surface area contributed by atoms with Crippen molar-refractivity contribution in [1.82, 2.24) is 5.32 Å². The molecule has 0 saturated carbocycles. The summed E-state index contributed by atoms with van der Waals surface area (Å²) in [4.78, 5) is 73.8. The van der Waals surface area contributed by atoms with Crippen LogP contribution >= 0.6 is 0 Å². The Kier molecular flexibility index (Phi) is 10.4. The molecule has 1 aliphatic rings. The summed E-state index contributed by atoms with van der Waals surface area (Å²) >= 11 is 0. The van der Waals surface area contributed by atoms with E-state index in [1.165, 1.54) is 0 Å². The van der Waals surface area contributed by atoms with E-state index in [0.29, 0.717) is 0 Å². The lowest BCUT2D eigenvalue weighted by atomic mass is 9.88. The second-order valence-electron chi connectivity index (χ2n) is 7.45. The topological polar surface area (TPSA) is 230 Å². The Morgan fingerprint density at radius 3 is 2.09 bits per heavy atom. The number of ether oxygens (including phenoxy) is 5. The highest BCUT2D eigenvalue weighted by atomic mass is 16.7. The van der Waals surface area contributed by atoms with Crippen molar-refractivity contribution < 1.29 is 57.6 Å². The van der Waals surface area contributed by atoms with Gasteiger partial charge in [-0.05, 0) is 5.53 Å². The molecule has 16 nitrogen and oxygen atoms in total. The van der Waals surface area contributed by atoms with Crippen molar-refractivity contribution >= 4 is 35.8 Å². The first-order valence-electron chi connectivity index (χ1n) is 10.1. The first-order chi connectivity index (χ1) is 16.2. The van der Waals surface area contributed by atoms with Crippen LogP contribution in [0.4, 0.5) is 0 Å². The molecule has 1 heterocycles. The van der Waals surface area contributed by atoms with Crippen LogP contribution in [0.1, 0.15) is 41.0 Å². The molecular formula is C19H26N4O12. The zero-order valence-corrected chi connectivity index (χ0v) is 19.6. The average Bonchev–Trinajstić information content (AvgIpc) is 2.69. The van der Waals surface area contributed by atoms with Crippen LogP contribution < -0.4 is 5.32 Å². The van der Waals surface area contributed by atoms with Crippen molar-refractivity contribution in [3.05, 3.63) is 10.4 Å². The second kappa shape index (κ2) is 12.5. The van der Waals surface area contributed by atoms with E-state index in [1.807, 2.05) is 0 Å². The number of nitrogens with zero attached hydrogens (tertiary/aromatic N) is 3. The number of azide groups is 1. The molecule has 0 unspecified atom stereocenters. The minimum Gasteiger partial charge on any atom is -0.476 e. The summed E-state index contributed by atoms with van der Waals surface area (Å²) in [6.07, 6.45) is -7.28. The first-order valence-corrected chi connectivity index (χ1v) is 10.1. The summed E-state index contributed by atoms with van der Waals surface area (Å²) in [5.41, 5.74) is 8.72. The molecular weight excluding hydrogens is 476 g/mol. The molecule has 0 aromatic carbocycles. The molecule has 0 bridgehead atoms. The summed E-state index contributed by atoms with van der Waals surface area (Å²) in [6.45, 7) is 4.38. The number of hydrogen-bond donors (Lipinski definition) is 2. The maximum atomic E-state index is 12.2.